The Balaban J connectivity index is 1.73. The third-order valence-electron chi connectivity index (χ3n) is 3.80. The molecule has 0 radical (unpaired) electrons. The zero-order chi connectivity index (χ0) is 15.9. The molecule has 1 saturated heterocycles. The number of rotatable bonds is 6. The lowest BCUT2D eigenvalue weighted by Crippen LogP contribution is -2.26. The van der Waals surface area contributed by atoms with Crippen LogP contribution >= 0.6 is 0 Å². The van der Waals surface area contributed by atoms with Crippen molar-refractivity contribution in [1.29, 1.82) is 0 Å². The van der Waals surface area contributed by atoms with Gasteiger partial charge in [-0.1, -0.05) is 30.3 Å². The number of carbonyl (C=O) groups is 1. The van der Waals surface area contributed by atoms with Crippen molar-refractivity contribution in [1.82, 2.24) is 0 Å². The predicted octanol–water partition coefficient (Wildman–Crippen LogP) is 3.64. The summed E-state index contributed by atoms with van der Waals surface area (Å²) in [4.78, 5) is 11.0. The van der Waals surface area contributed by atoms with Gasteiger partial charge in [0.15, 0.2) is 11.5 Å². The number of aldehydes is 1. The fraction of sp³-hybridized carbons (Fsp3) is 0.316. The molecule has 0 spiro atoms. The largest absolute Gasteiger partial charge is 0.486 e. The first kappa shape index (κ1) is 15.6. The van der Waals surface area contributed by atoms with E-state index in [0.717, 1.165) is 24.7 Å². The van der Waals surface area contributed by atoms with E-state index >= 15 is 0 Å². The minimum atomic E-state index is 0.102. The Morgan fingerprint density at radius 2 is 1.83 bits per heavy atom. The van der Waals surface area contributed by atoms with Gasteiger partial charge in [0.25, 0.3) is 0 Å². The predicted molar refractivity (Wildman–Crippen MR) is 87.1 cm³/mol. The van der Waals surface area contributed by atoms with Crippen molar-refractivity contribution in [3.63, 3.8) is 0 Å². The van der Waals surface area contributed by atoms with E-state index in [-0.39, 0.29) is 6.10 Å². The second-order valence-electron chi connectivity index (χ2n) is 5.53. The SMILES string of the molecule is O=Cc1ccc(OCc2ccccc2)c(OC2CCOCC2)c1. The van der Waals surface area contributed by atoms with Gasteiger partial charge in [-0.15, -0.1) is 0 Å². The summed E-state index contributed by atoms with van der Waals surface area (Å²) in [6.07, 6.45) is 2.62. The van der Waals surface area contributed by atoms with Crippen LogP contribution in [0, 0.1) is 0 Å². The maximum atomic E-state index is 11.0. The zero-order valence-electron chi connectivity index (χ0n) is 12.9. The quantitative estimate of drug-likeness (QED) is 0.764. The zero-order valence-corrected chi connectivity index (χ0v) is 12.9. The van der Waals surface area contributed by atoms with Crippen molar-refractivity contribution in [2.45, 2.75) is 25.6 Å². The Hall–Kier alpha value is -2.33. The van der Waals surface area contributed by atoms with Gasteiger partial charge in [0.05, 0.1) is 13.2 Å². The van der Waals surface area contributed by atoms with Gasteiger partial charge < -0.3 is 14.2 Å². The molecule has 23 heavy (non-hydrogen) atoms. The highest BCUT2D eigenvalue weighted by Crippen LogP contribution is 2.31. The molecule has 0 aliphatic carbocycles. The number of hydrogen-bond donors (Lipinski definition) is 0. The second-order valence-corrected chi connectivity index (χ2v) is 5.53. The standard InChI is InChI=1S/C19H20O4/c20-13-16-6-7-18(22-14-15-4-2-1-3-5-15)19(12-16)23-17-8-10-21-11-9-17/h1-7,12-13,17H,8-11,14H2. The highest BCUT2D eigenvalue weighted by Gasteiger charge is 2.18. The first-order valence-corrected chi connectivity index (χ1v) is 7.85. The van der Waals surface area contributed by atoms with Crippen molar-refractivity contribution in [3.8, 4) is 11.5 Å². The van der Waals surface area contributed by atoms with E-state index in [0.29, 0.717) is 36.9 Å². The van der Waals surface area contributed by atoms with Crippen molar-refractivity contribution >= 4 is 6.29 Å². The van der Waals surface area contributed by atoms with Crippen LogP contribution in [-0.2, 0) is 11.3 Å². The molecule has 1 fully saturated rings. The van der Waals surface area contributed by atoms with Crippen LogP contribution in [0.25, 0.3) is 0 Å². The monoisotopic (exact) mass is 312 g/mol. The molecule has 4 nitrogen and oxygen atoms in total. The number of ether oxygens (including phenoxy) is 3. The van der Waals surface area contributed by atoms with Crippen molar-refractivity contribution in [3.05, 3.63) is 59.7 Å². The second kappa shape index (κ2) is 7.79. The van der Waals surface area contributed by atoms with Gasteiger partial charge in [0, 0.05) is 18.4 Å². The van der Waals surface area contributed by atoms with Crippen LogP contribution in [0.3, 0.4) is 0 Å². The average molecular weight is 312 g/mol. The summed E-state index contributed by atoms with van der Waals surface area (Å²) < 4.78 is 17.3. The van der Waals surface area contributed by atoms with E-state index in [4.69, 9.17) is 14.2 Å². The Bertz CT molecular complexity index is 633. The van der Waals surface area contributed by atoms with Crippen molar-refractivity contribution < 1.29 is 19.0 Å². The molecule has 2 aromatic carbocycles. The van der Waals surface area contributed by atoms with Gasteiger partial charge in [-0.3, -0.25) is 4.79 Å². The molecule has 0 bridgehead atoms. The van der Waals surface area contributed by atoms with E-state index in [1.165, 1.54) is 0 Å². The topological polar surface area (TPSA) is 44.8 Å². The Morgan fingerprint density at radius 3 is 2.57 bits per heavy atom. The number of carbonyl (C=O) groups excluding carboxylic acids is 1. The normalized spacial score (nSPS) is 15.1. The summed E-state index contributed by atoms with van der Waals surface area (Å²) >= 11 is 0. The number of benzene rings is 2. The summed E-state index contributed by atoms with van der Waals surface area (Å²) in [6.45, 7) is 1.88. The number of hydrogen-bond acceptors (Lipinski definition) is 4. The minimum Gasteiger partial charge on any atom is -0.486 e. The molecule has 2 aromatic rings. The van der Waals surface area contributed by atoms with Crippen LogP contribution in [0.15, 0.2) is 48.5 Å². The molecule has 0 atom stereocenters. The molecular weight excluding hydrogens is 292 g/mol. The molecule has 120 valence electrons. The lowest BCUT2D eigenvalue weighted by atomic mass is 10.1. The fourth-order valence-electron chi connectivity index (χ4n) is 2.52. The molecule has 0 aromatic heterocycles. The van der Waals surface area contributed by atoms with Crippen LogP contribution in [0.4, 0.5) is 0 Å². The van der Waals surface area contributed by atoms with Crippen LogP contribution in [0.5, 0.6) is 11.5 Å². The Morgan fingerprint density at radius 1 is 1.04 bits per heavy atom. The summed E-state index contributed by atoms with van der Waals surface area (Å²) in [7, 11) is 0. The fourth-order valence-corrected chi connectivity index (χ4v) is 2.52. The molecule has 1 aliphatic rings. The van der Waals surface area contributed by atoms with Crippen molar-refractivity contribution in [2.24, 2.45) is 0 Å². The molecule has 1 heterocycles. The van der Waals surface area contributed by atoms with Gasteiger partial charge in [0.2, 0.25) is 0 Å². The van der Waals surface area contributed by atoms with E-state index in [1.54, 1.807) is 18.2 Å². The van der Waals surface area contributed by atoms with Crippen LogP contribution in [-0.4, -0.2) is 25.6 Å². The lowest BCUT2D eigenvalue weighted by Gasteiger charge is -2.24. The average Bonchev–Trinajstić information content (AvgIpc) is 2.62. The molecule has 0 amide bonds. The van der Waals surface area contributed by atoms with Gasteiger partial charge in [-0.25, -0.2) is 0 Å². The van der Waals surface area contributed by atoms with Gasteiger partial charge in [-0.2, -0.15) is 0 Å². The maximum absolute atomic E-state index is 11.0. The van der Waals surface area contributed by atoms with E-state index < -0.39 is 0 Å². The lowest BCUT2D eigenvalue weighted by molar-refractivity contribution is 0.0241. The maximum Gasteiger partial charge on any atom is 0.162 e. The first-order valence-electron chi connectivity index (χ1n) is 7.85. The summed E-state index contributed by atoms with van der Waals surface area (Å²) in [5.74, 6) is 1.28. The van der Waals surface area contributed by atoms with Gasteiger partial charge in [0.1, 0.15) is 19.0 Å². The third kappa shape index (κ3) is 4.33. The third-order valence-corrected chi connectivity index (χ3v) is 3.80. The molecule has 1 aliphatic heterocycles. The molecule has 0 N–H and O–H groups in total. The summed E-state index contributed by atoms with van der Waals surface area (Å²) in [6, 6.07) is 15.2. The van der Waals surface area contributed by atoms with E-state index in [1.807, 2.05) is 30.3 Å². The molecule has 3 rings (SSSR count). The summed E-state index contributed by atoms with van der Waals surface area (Å²) in [5.41, 5.74) is 1.67. The summed E-state index contributed by atoms with van der Waals surface area (Å²) in [5, 5.41) is 0. The highest BCUT2D eigenvalue weighted by molar-refractivity contribution is 5.76. The minimum absolute atomic E-state index is 0.102. The van der Waals surface area contributed by atoms with Gasteiger partial charge in [-0.05, 0) is 23.8 Å². The van der Waals surface area contributed by atoms with Crippen LogP contribution in [0.2, 0.25) is 0 Å². The Labute approximate surface area is 136 Å². The van der Waals surface area contributed by atoms with E-state index in [2.05, 4.69) is 0 Å². The molecule has 4 heteroatoms. The molecule has 0 unspecified atom stereocenters. The molecular formula is C19H20O4. The van der Waals surface area contributed by atoms with Crippen LogP contribution in [0.1, 0.15) is 28.8 Å². The Kier molecular flexibility index (Phi) is 5.27. The van der Waals surface area contributed by atoms with E-state index in [9.17, 15) is 4.79 Å². The smallest absolute Gasteiger partial charge is 0.162 e. The first-order chi connectivity index (χ1) is 11.3. The van der Waals surface area contributed by atoms with Crippen LogP contribution < -0.4 is 9.47 Å². The molecule has 0 saturated carbocycles. The van der Waals surface area contributed by atoms with Crippen molar-refractivity contribution in [2.75, 3.05) is 13.2 Å². The highest BCUT2D eigenvalue weighted by atomic mass is 16.5. The van der Waals surface area contributed by atoms with Gasteiger partial charge >= 0.3 is 0 Å².